The number of benzene rings is 1. The van der Waals surface area contributed by atoms with Crippen LogP contribution in [0.4, 0.5) is 14.9 Å². The van der Waals surface area contributed by atoms with Crippen molar-refractivity contribution < 1.29 is 14.3 Å². The lowest BCUT2D eigenvalue weighted by molar-refractivity contribution is 0.0982. The van der Waals surface area contributed by atoms with Gasteiger partial charge in [-0.05, 0) is 55.9 Å². The van der Waals surface area contributed by atoms with Crippen molar-refractivity contribution in [2.24, 2.45) is 7.05 Å². The van der Waals surface area contributed by atoms with E-state index in [2.05, 4.69) is 31.2 Å². The molecule has 0 spiro atoms. The minimum Gasteiger partial charge on any atom is -0.465 e. The zero-order valence-corrected chi connectivity index (χ0v) is 21.8. The van der Waals surface area contributed by atoms with Crippen LogP contribution in [0.1, 0.15) is 13.8 Å². The molecule has 1 aromatic carbocycles. The number of aromatic nitrogens is 6. The van der Waals surface area contributed by atoms with Gasteiger partial charge in [-0.1, -0.05) is 0 Å². The van der Waals surface area contributed by atoms with Gasteiger partial charge in [-0.15, -0.1) is 10.2 Å². The molecule has 2 unspecified atom stereocenters. The predicted molar refractivity (Wildman–Crippen MR) is 142 cm³/mol. The van der Waals surface area contributed by atoms with Crippen LogP contribution in [-0.2, 0) is 7.05 Å². The van der Waals surface area contributed by atoms with Gasteiger partial charge in [0.1, 0.15) is 0 Å². The number of piperazine rings is 1. The molecular weight excluding hydrogens is 507 g/mol. The number of aryl methyl sites for hydroxylation is 1. The maximum Gasteiger partial charge on any atom is 0.407 e. The second-order valence-electron chi connectivity index (χ2n) is 9.60. The minimum atomic E-state index is -0.892. The Bertz CT molecular complexity index is 1670. The number of carbonyl (C=O) groups is 1. The maximum atomic E-state index is 14.8. The first-order chi connectivity index (χ1) is 18.3. The zero-order chi connectivity index (χ0) is 26.6. The summed E-state index contributed by atoms with van der Waals surface area (Å²) in [5.41, 5.74) is 3.44. The van der Waals surface area contributed by atoms with E-state index in [0.717, 1.165) is 27.0 Å². The molecular formula is C26H25FN8O2S. The third kappa shape index (κ3) is 4.30. The lowest BCUT2D eigenvalue weighted by Gasteiger charge is -2.43. The van der Waals surface area contributed by atoms with Crippen LogP contribution < -0.4 is 4.90 Å². The lowest BCUT2D eigenvalue weighted by atomic mass is 10.1. The smallest absolute Gasteiger partial charge is 0.407 e. The van der Waals surface area contributed by atoms with Gasteiger partial charge >= 0.3 is 6.09 Å². The third-order valence-electron chi connectivity index (χ3n) is 6.82. The number of nitrogens with zero attached hydrogens (tertiary/aromatic N) is 8. The van der Waals surface area contributed by atoms with Crippen LogP contribution >= 0.6 is 11.8 Å². The topological polar surface area (TPSA) is 105 Å². The van der Waals surface area contributed by atoms with Crippen LogP contribution in [0.15, 0.2) is 65.2 Å². The molecule has 0 aliphatic carbocycles. The Hall–Kier alpha value is -4.19. The molecule has 4 aromatic heterocycles. The summed E-state index contributed by atoms with van der Waals surface area (Å²) in [6, 6.07) is 9.18. The Labute approximate surface area is 221 Å². The second kappa shape index (κ2) is 9.28. The summed E-state index contributed by atoms with van der Waals surface area (Å²) >= 11 is 1.39. The van der Waals surface area contributed by atoms with E-state index in [1.54, 1.807) is 15.3 Å². The van der Waals surface area contributed by atoms with E-state index in [1.807, 2.05) is 57.7 Å². The van der Waals surface area contributed by atoms with E-state index in [4.69, 9.17) is 0 Å². The monoisotopic (exact) mass is 532 g/mol. The van der Waals surface area contributed by atoms with Crippen molar-refractivity contribution in [3.8, 4) is 11.1 Å². The van der Waals surface area contributed by atoms with Crippen LogP contribution in [0, 0.1) is 5.82 Å². The van der Waals surface area contributed by atoms with Crippen molar-refractivity contribution in [2.45, 2.75) is 36.0 Å². The number of hydrogen-bond donors (Lipinski definition) is 1. The summed E-state index contributed by atoms with van der Waals surface area (Å²) in [6.45, 7) is 5.03. The van der Waals surface area contributed by atoms with Crippen molar-refractivity contribution in [1.29, 1.82) is 0 Å². The van der Waals surface area contributed by atoms with E-state index >= 15 is 0 Å². The Balaban J connectivity index is 1.30. The summed E-state index contributed by atoms with van der Waals surface area (Å²) in [5, 5.41) is 23.5. The van der Waals surface area contributed by atoms with Gasteiger partial charge in [0.15, 0.2) is 11.5 Å². The lowest BCUT2D eigenvalue weighted by Crippen LogP contribution is -2.58. The first-order valence-corrected chi connectivity index (χ1v) is 13.0. The maximum absolute atomic E-state index is 14.8. The molecule has 1 amide bonds. The van der Waals surface area contributed by atoms with Crippen molar-refractivity contribution in [2.75, 3.05) is 18.0 Å². The Morgan fingerprint density at radius 3 is 2.55 bits per heavy atom. The zero-order valence-electron chi connectivity index (χ0n) is 21.0. The van der Waals surface area contributed by atoms with Crippen LogP contribution in [0.5, 0.6) is 0 Å². The molecule has 0 radical (unpaired) electrons. The Morgan fingerprint density at radius 2 is 1.84 bits per heavy atom. The fourth-order valence-electron chi connectivity index (χ4n) is 5.08. The molecule has 1 N–H and O–H groups in total. The molecule has 12 heteroatoms. The number of hydrogen-bond acceptors (Lipinski definition) is 7. The Kier molecular flexibility index (Phi) is 5.90. The molecule has 5 heterocycles. The molecule has 0 saturated carbocycles. The number of rotatable bonds is 4. The van der Waals surface area contributed by atoms with Gasteiger partial charge in [-0.3, -0.25) is 19.0 Å². The highest BCUT2D eigenvalue weighted by molar-refractivity contribution is 7.99. The van der Waals surface area contributed by atoms with Crippen LogP contribution in [0.2, 0.25) is 0 Å². The van der Waals surface area contributed by atoms with Gasteiger partial charge in [0.05, 0.1) is 35.7 Å². The largest absolute Gasteiger partial charge is 0.465 e. The normalized spacial score (nSPS) is 18.0. The number of pyridine rings is 2. The first kappa shape index (κ1) is 24.2. The van der Waals surface area contributed by atoms with E-state index < -0.39 is 11.9 Å². The van der Waals surface area contributed by atoms with Crippen molar-refractivity contribution in [1.82, 2.24) is 34.3 Å². The third-order valence-corrected chi connectivity index (χ3v) is 7.77. The van der Waals surface area contributed by atoms with Gasteiger partial charge in [0.25, 0.3) is 0 Å². The standard InChI is InChI=1S/C26H25FN8O2S/c1-15-11-33(12-16(2)35(15)26(36)37)20-6-17-7-21(4-5-23(17)28-10-20)38-25-31-30-24-22(27)8-18(14-34(24)25)19-9-29-32(3)13-19/h4-10,13-16H,11-12H2,1-3H3,(H,36,37). The average molecular weight is 533 g/mol. The van der Waals surface area contributed by atoms with Gasteiger partial charge in [-0.2, -0.15) is 5.10 Å². The number of amides is 1. The van der Waals surface area contributed by atoms with Crippen LogP contribution in [-0.4, -0.2) is 70.6 Å². The van der Waals surface area contributed by atoms with E-state index in [0.29, 0.717) is 23.8 Å². The minimum absolute atomic E-state index is 0.132. The molecule has 5 aromatic rings. The highest BCUT2D eigenvalue weighted by Crippen LogP contribution is 2.32. The number of halogens is 1. The SMILES string of the molecule is CC1CN(c2cnc3ccc(Sc4nnc5c(F)cc(-c6cnn(C)c6)cn45)cc3c2)CC(C)N1C(=O)O. The summed E-state index contributed by atoms with van der Waals surface area (Å²) in [7, 11) is 1.82. The van der Waals surface area contributed by atoms with E-state index in [1.165, 1.54) is 22.7 Å². The van der Waals surface area contributed by atoms with Crippen molar-refractivity contribution >= 4 is 40.1 Å². The fourth-order valence-corrected chi connectivity index (χ4v) is 5.93. The van der Waals surface area contributed by atoms with Crippen molar-refractivity contribution in [3.05, 3.63) is 60.9 Å². The average Bonchev–Trinajstić information content (AvgIpc) is 3.49. The van der Waals surface area contributed by atoms with Crippen LogP contribution in [0.25, 0.3) is 27.7 Å². The van der Waals surface area contributed by atoms with Crippen LogP contribution in [0.3, 0.4) is 0 Å². The second-order valence-corrected chi connectivity index (χ2v) is 10.6. The number of fused-ring (bicyclic) bond motifs is 2. The molecule has 1 aliphatic heterocycles. The number of carboxylic acid groups (broad SMARTS) is 1. The Morgan fingerprint density at radius 1 is 1.05 bits per heavy atom. The van der Waals surface area contributed by atoms with E-state index in [-0.39, 0.29) is 17.7 Å². The molecule has 0 bridgehead atoms. The summed E-state index contributed by atoms with van der Waals surface area (Å²) in [5.74, 6) is -0.454. The molecule has 194 valence electrons. The van der Waals surface area contributed by atoms with Gasteiger partial charge in [0, 0.05) is 53.9 Å². The fraction of sp³-hybridized carbons (Fsp3) is 0.269. The van der Waals surface area contributed by atoms with Crippen molar-refractivity contribution in [3.63, 3.8) is 0 Å². The summed E-state index contributed by atoms with van der Waals surface area (Å²) in [6.07, 6.45) is 6.28. The van der Waals surface area contributed by atoms with Gasteiger partial charge in [-0.25, -0.2) is 9.18 Å². The summed E-state index contributed by atoms with van der Waals surface area (Å²) < 4.78 is 18.2. The molecule has 6 rings (SSSR count). The predicted octanol–water partition coefficient (Wildman–Crippen LogP) is 4.55. The molecule has 1 saturated heterocycles. The molecule has 1 fully saturated rings. The highest BCUT2D eigenvalue weighted by atomic mass is 32.2. The van der Waals surface area contributed by atoms with Gasteiger partial charge in [0.2, 0.25) is 5.16 Å². The highest BCUT2D eigenvalue weighted by Gasteiger charge is 2.33. The molecule has 38 heavy (non-hydrogen) atoms. The molecule has 2 atom stereocenters. The molecule has 1 aliphatic rings. The first-order valence-electron chi connectivity index (χ1n) is 12.1. The molecule has 10 nitrogen and oxygen atoms in total. The van der Waals surface area contributed by atoms with E-state index in [9.17, 15) is 14.3 Å². The summed E-state index contributed by atoms with van der Waals surface area (Å²) in [4.78, 5) is 20.8. The number of anilines is 1. The van der Waals surface area contributed by atoms with Gasteiger partial charge < -0.3 is 10.0 Å². The quantitative estimate of drug-likeness (QED) is 0.360.